The summed E-state index contributed by atoms with van der Waals surface area (Å²) in [6.07, 6.45) is 0.319. The summed E-state index contributed by atoms with van der Waals surface area (Å²) in [5.41, 5.74) is -0.203. The molecule has 7 nitrogen and oxygen atoms in total. The number of carbonyl (C=O) groups excluding carboxylic acids is 1. The van der Waals surface area contributed by atoms with Gasteiger partial charge in [0, 0.05) is 38.1 Å². The van der Waals surface area contributed by atoms with Crippen LogP contribution in [-0.4, -0.2) is 44.2 Å². The number of pyridine rings is 1. The Labute approximate surface area is 212 Å². The zero-order valence-electron chi connectivity index (χ0n) is 21.0. The molecular weight excluding hydrogens is 485 g/mol. The monoisotopic (exact) mass is 512 g/mol. The molecule has 10 heteroatoms. The van der Waals surface area contributed by atoms with Gasteiger partial charge in [-0.05, 0) is 62.6 Å². The normalized spacial score (nSPS) is 14.4. The minimum Gasteiger partial charge on any atom is -0.444 e. The van der Waals surface area contributed by atoms with Gasteiger partial charge in [0.05, 0.1) is 16.8 Å². The predicted octanol–water partition coefficient (Wildman–Crippen LogP) is 5.55. The maximum atomic E-state index is 13.6. The lowest BCUT2D eigenvalue weighted by atomic mass is 9.98. The van der Waals surface area contributed by atoms with Crippen LogP contribution in [0.4, 0.5) is 18.0 Å². The third-order valence-electron chi connectivity index (χ3n) is 5.87. The molecule has 3 aromatic rings. The topological polar surface area (TPSA) is 77.3 Å². The highest BCUT2D eigenvalue weighted by atomic mass is 19.4. The van der Waals surface area contributed by atoms with E-state index in [9.17, 15) is 22.8 Å². The van der Waals surface area contributed by atoms with Crippen LogP contribution in [0.25, 0.3) is 28.0 Å². The van der Waals surface area contributed by atoms with Gasteiger partial charge in [0.25, 0.3) is 5.56 Å². The number of ether oxygens (including phenoxy) is 1. The number of aromatic nitrogens is 3. The summed E-state index contributed by atoms with van der Waals surface area (Å²) in [7, 11) is 1.54. The number of halogens is 3. The standard InChI is InChI=1S/C27H27F3N4O3/c1-26(2,3)37-25(36)34-14-10-18(11-15-34)23-32-22(17-8-12-31-13-9-17)21(24(35)33(23)4)19-6-5-7-20(16-19)27(28,29)30/h5-10,12-13,16H,11,14-15H2,1-4H3. The molecule has 0 aliphatic carbocycles. The van der Waals surface area contributed by atoms with Crippen LogP contribution in [-0.2, 0) is 18.0 Å². The molecule has 0 radical (unpaired) electrons. The van der Waals surface area contributed by atoms with Crippen molar-refractivity contribution >= 4 is 11.7 Å². The van der Waals surface area contributed by atoms with Crippen molar-refractivity contribution in [1.82, 2.24) is 19.4 Å². The van der Waals surface area contributed by atoms with Gasteiger partial charge < -0.3 is 9.64 Å². The van der Waals surface area contributed by atoms with Gasteiger partial charge in [-0.15, -0.1) is 0 Å². The second kappa shape index (κ2) is 9.84. The Morgan fingerprint density at radius 2 is 1.76 bits per heavy atom. The third-order valence-corrected chi connectivity index (χ3v) is 5.87. The van der Waals surface area contributed by atoms with Crippen molar-refractivity contribution in [3.8, 4) is 22.4 Å². The van der Waals surface area contributed by atoms with Gasteiger partial charge in [-0.1, -0.05) is 18.2 Å². The van der Waals surface area contributed by atoms with Crippen molar-refractivity contribution in [2.45, 2.75) is 39.0 Å². The molecule has 1 amide bonds. The summed E-state index contributed by atoms with van der Waals surface area (Å²) in [5.74, 6) is 0.386. The molecule has 1 aliphatic rings. The molecular formula is C27H27F3N4O3. The van der Waals surface area contributed by atoms with E-state index in [-0.39, 0.29) is 23.4 Å². The van der Waals surface area contributed by atoms with E-state index in [2.05, 4.69) is 4.98 Å². The van der Waals surface area contributed by atoms with E-state index in [1.165, 1.54) is 29.1 Å². The molecule has 0 fully saturated rings. The molecule has 0 atom stereocenters. The average Bonchev–Trinajstić information content (AvgIpc) is 2.85. The summed E-state index contributed by atoms with van der Waals surface area (Å²) < 4.78 is 47.0. The van der Waals surface area contributed by atoms with Crippen LogP contribution in [0.15, 0.2) is 59.7 Å². The molecule has 1 aromatic carbocycles. The van der Waals surface area contributed by atoms with Crippen molar-refractivity contribution in [3.63, 3.8) is 0 Å². The van der Waals surface area contributed by atoms with Gasteiger partial charge in [-0.2, -0.15) is 13.2 Å². The first kappa shape index (κ1) is 26.1. The van der Waals surface area contributed by atoms with Gasteiger partial charge in [-0.25, -0.2) is 9.78 Å². The maximum Gasteiger partial charge on any atom is 0.416 e. The summed E-state index contributed by atoms with van der Waals surface area (Å²) in [6.45, 7) is 6.03. The molecule has 0 bridgehead atoms. The second-order valence-corrected chi connectivity index (χ2v) is 9.74. The SMILES string of the molecule is Cn1c(C2=CCN(C(=O)OC(C)(C)C)CC2)nc(-c2ccncc2)c(-c2cccc(C(F)(F)F)c2)c1=O. The number of nitrogens with zero attached hydrogens (tertiary/aromatic N) is 4. The number of hydrogen-bond donors (Lipinski definition) is 0. The largest absolute Gasteiger partial charge is 0.444 e. The fourth-order valence-corrected chi connectivity index (χ4v) is 4.08. The summed E-state index contributed by atoms with van der Waals surface area (Å²) in [5, 5.41) is 0. The zero-order valence-corrected chi connectivity index (χ0v) is 21.0. The predicted molar refractivity (Wildman–Crippen MR) is 134 cm³/mol. The van der Waals surface area contributed by atoms with Gasteiger partial charge in [0.1, 0.15) is 11.4 Å². The van der Waals surface area contributed by atoms with E-state index < -0.39 is 29.0 Å². The Balaban J connectivity index is 1.81. The second-order valence-electron chi connectivity index (χ2n) is 9.74. The maximum absolute atomic E-state index is 13.6. The smallest absolute Gasteiger partial charge is 0.416 e. The highest BCUT2D eigenvalue weighted by Crippen LogP contribution is 2.35. The summed E-state index contributed by atoms with van der Waals surface area (Å²) >= 11 is 0. The van der Waals surface area contributed by atoms with Crippen LogP contribution >= 0.6 is 0 Å². The molecule has 37 heavy (non-hydrogen) atoms. The lowest BCUT2D eigenvalue weighted by molar-refractivity contribution is -0.137. The summed E-state index contributed by atoms with van der Waals surface area (Å²) in [4.78, 5) is 36.4. The van der Waals surface area contributed by atoms with Crippen LogP contribution in [0.3, 0.4) is 0 Å². The minimum atomic E-state index is -4.56. The number of amides is 1. The molecule has 194 valence electrons. The number of carbonyl (C=O) groups is 1. The average molecular weight is 513 g/mol. The fourth-order valence-electron chi connectivity index (χ4n) is 4.08. The van der Waals surface area contributed by atoms with E-state index in [1.54, 1.807) is 44.9 Å². The molecule has 0 spiro atoms. The molecule has 1 aliphatic heterocycles. The fraction of sp³-hybridized carbons (Fsp3) is 0.333. The molecule has 4 rings (SSSR count). The minimum absolute atomic E-state index is 0.0651. The number of benzene rings is 1. The van der Waals surface area contributed by atoms with E-state index in [0.29, 0.717) is 24.4 Å². The van der Waals surface area contributed by atoms with E-state index in [4.69, 9.17) is 9.72 Å². The Morgan fingerprint density at radius 3 is 2.35 bits per heavy atom. The summed E-state index contributed by atoms with van der Waals surface area (Å²) in [6, 6.07) is 7.98. The molecule has 3 heterocycles. The Morgan fingerprint density at radius 1 is 1.05 bits per heavy atom. The van der Waals surface area contributed by atoms with Gasteiger partial charge in [0.15, 0.2) is 0 Å². The lowest BCUT2D eigenvalue weighted by Gasteiger charge is -2.29. The Kier molecular flexibility index (Phi) is 6.94. The quantitative estimate of drug-likeness (QED) is 0.460. The van der Waals surface area contributed by atoms with Crippen molar-refractivity contribution in [1.29, 1.82) is 0 Å². The van der Waals surface area contributed by atoms with E-state index in [1.807, 2.05) is 6.08 Å². The molecule has 0 unspecified atom stereocenters. The van der Waals surface area contributed by atoms with Gasteiger partial charge in [0.2, 0.25) is 0 Å². The van der Waals surface area contributed by atoms with Crippen LogP contribution in [0, 0.1) is 0 Å². The first-order valence-corrected chi connectivity index (χ1v) is 11.7. The van der Waals surface area contributed by atoms with Crippen molar-refractivity contribution in [2.75, 3.05) is 13.1 Å². The van der Waals surface area contributed by atoms with E-state index in [0.717, 1.165) is 17.7 Å². The van der Waals surface area contributed by atoms with Crippen molar-refractivity contribution in [2.24, 2.45) is 7.05 Å². The first-order chi connectivity index (χ1) is 17.3. The molecule has 0 saturated carbocycles. The first-order valence-electron chi connectivity index (χ1n) is 11.7. The third kappa shape index (κ3) is 5.73. The molecule has 0 saturated heterocycles. The van der Waals surface area contributed by atoms with Gasteiger partial charge in [-0.3, -0.25) is 14.3 Å². The zero-order chi connectivity index (χ0) is 27.0. The highest BCUT2D eigenvalue weighted by molar-refractivity contribution is 5.81. The lowest BCUT2D eigenvalue weighted by Crippen LogP contribution is -2.39. The van der Waals surface area contributed by atoms with Crippen LogP contribution in [0.2, 0.25) is 0 Å². The van der Waals surface area contributed by atoms with Crippen LogP contribution in [0.1, 0.15) is 38.6 Å². The number of alkyl halides is 3. The van der Waals surface area contributed by atoms with Crippen LogP contribution < -0.4 is 5.56 Å². The Hall–Kier alpha value is -3.95. The number of hydrogen-bond acceptors (Lipinski definition) is 5. The van der Waals surface area contributed by atoms with Crippen molar-refractivity contribution in [3.05, 3.63) is 76.6 Å². The molecule has 2 aromatic heterocycles. The van der Waals surface area contributed by atoms with Crippen LogP contribution in [0.5, 0.6) is 0 Å². The highest BCUT2D eigenvalue weighted by Gasteiger charge is 2.31. The van der Waals surface area contributed by atoms with Gasteiger partial charge >= 0.3 is 12.3 Å². The van der Waals surface area contributed by atoms with Crippen molar-refractivity contribution < 1.29 is 22.7 Å². The van der Waals surface area contributed by atoms with E-state index >= 15 is 0 Å². The molecule has 0 N–H and O–H groups in total. The number of rotatable bonds is 3. The Bertz CT molecular complexity index is 1410.